The Labute approximate surface area is 180 Å². The van der Waals surface area contributed by atoms with E-state index < -0.39 is 0 Å². The average Bonchev–Trinajstić information content (AvgIpc) is 3.43. The molecule has 8 nitrogen and oxygen atoms in total. The summed E-state index contributed by atoms with van der Waals surface area (Å²) in [6.45, 7) is 0. The Hall–Kier alpha value is -4.66. The van der Waals surface area contributed by atoms with Gasteiger partial charge in [0.25, 0.3) is 0 Å². The van der Waals surface area contributed by atoms with Gasteiger partial charge in [0, 0.05) is 40.7 Å². The van der Waals surface area contributed by atoms with Crippen LogP contribution in [-0.2, 0) is 0 Å². The van der Waals surface area contributed by atoms with Gasteiger partial charge < -0.3 is 10.7 Å². The number of nitrogens with zero attached hydrogens (tertiary/aromatic N) is 5. The molecule has 0 aliphatic carbocycles. The second kappa shape index (κ2) is 6.95. The molecule has 0 bridgehead atoms. The normalized spacial score (nSPS) is 11.4. The molecule has 0 radical (unpaired) electrons. The number of halogens is 1. The van der Waals surface area contributed by atoms with Crippen molar-refractivity contribution in [1.29, 1.82) is 0 Å². The maximum atomic E-state index is 14.4. The molecule has 0 spiro atoms. The summed E-state index contributed by atoms with van der Waals surface area (Å²) in [4.78, 5) is 20.9. The number of rotatable bonds is 3. The van der Waals surface area contributed by atoms with Gasteiger partial charge in [0.15, 0.2) is 11.5 Å². The van der Waals surface area contributed by atoms with E-state index in [0.29, 0.717) is 45.2 Å². The van der Waals surface area contributed by atoms with Crippen LogP contribution >= 0.6 is 0 Å². The molecule has 0 saturated carbocycles. The Morgan fingerprint density at radius 2 is 1.84 bits per heavy atom. The first-order chi connectivity index (χ1) is 15.7. The SMILES string of the molecule is Nc1cncc(-c2cc3c(-c4nc5nccc(-c6ccccc6F)c5[nH]4)n[nH]c3cn2)c1. The molecule has 0 aliphatic rings. The lowest BCUT2D eigenvalue weighted by atomic mass is 10.1. The largest absolute Gasteiger partial charge is 0.397 e. The van der Waals surface area contributed by atoms with Gasteiger partial charge in [-0.1, -0.05) is 18.2 Å². The average molecular weight is 422 g/mol. The van der Waals surface area contributed by atoms with Crippen molar-refractivity contribution in [1.82, 2.24) is 35.1 Å². The Morgan fingerprint density at radius 1 is 0.938 bits per heavy atom. The zero-order valence-corrected chi connectivity index (χ0v) is 16.5. The lowest BCUT2D eigenvalue weighted by Crippen LogP contribution is -1.90. The number of fused-ring (bicyclic) bond motifs is 2. The second-order valence-electron chi connectivity index (χ2n) is 7.32. The minimum atomic E-state index is -0.312. The van der Waals surface area contributed by atoms with E-state index in [1.54, 1.807) is 49.1 Å². The molecule has 6 aromatic rings. The summed E-state index contributed by atoms with van der Waals surface area (Å²) in [6.07, 6.45) is 6.61. The highest BCUT2D eigenvalue weighted by Gasteiger charge is 2.17. The van der Waals surface area contributed by atoms with E-state index in [1.807, 2.05) is 12.1 Å². The zero-order valence-electron chi connectivity index (χ0n) is 16.5. The van der Waals surface area contributed by atoms with Gasteiger partial charge in [0.05, 0.1) is 28.6 Å². The van der Waals surface area contributed by atoms with Crippen molar-refractivity contribution in [2.24, 2.45) is 0 Å². The van der Waals surface area contributed by atoms with Gasteiger partial charge in [-0.25, -0.2) is 14.4 Å². The smallest absolute Gasteiger partial charge is 0.178 e. The van der Waals surface area contributed by atoms with Crippen LogP contribution in [0, 0.1) is 5.82 Å². The van der Waals surface area contributed by atoms with Gasteiger partial charge >= 0.3 is 0 Å². The molecule has 0 amide bonds. The van der Waals surface area contributed by atoms with Crippen LogP contribution in [0.5, 0.6) is 0 Å². The van der Waals surface area contributed by atoms with Crippen LogP contribution in [0.2, 0.25) is 0 Å². The third-order valence-corrected chi connectivity index (χ3v) is 5.28. The summed E-state index contributed by atoms with van der Waals surface area (Å²) < 4.78 is 14.4. The lowest BCUT2D eigenvalue weighted by molar-refractivity contribution is 0.631. The van der Waals surface area contributed by atoms with Crippen LogP contribution < -0.4 is 5.73 Å². The number of nitrogens with two attached hydrogens (primary N) is 1. The number of hydrogen-bond donors (Lipinski definition) is 3. The third kappa shape index (κ3) is 2.87. The molecular formula is C23H15FN8. The maximum Gasteiger partial charge on any atom is 0.178 e. The highest BCUT2D eigenvalue weighted by Crippen LogP contribution is 2.32. The molecule has 1 aromatic carbocycles. The number of aromatic nitrogens is 7. The van der Waals surface area contributed by atoms with Gasteiger partial charge in [-0.05, 0) is 24.3 Å². The Kier molecular flexibility index (Phi) is 3.94. The summed E-state index contributed by atoms with van der Waals surface area (Å²) in [6, 6.07) is 12.1. The van der Waals surface area contributed by atoms with Crippen LogP contribution in [0.25, 0.3) is 56.0 Å². The first-order valence-electron chi connectivity index (χ1n) is 9.82. The fraction of sp³-hybridized carbons (Fsp3) is 0. The van der Waals surface area contributed by atoms with Crippen LogP contribution in [-0.4, -0.2) is 35.1 Å². The lowest BCUT2D eigenvalue weighted by Gasteiger charge is -2.03. The maximum absolute atomic E-state index is 14.4. The number of anilines is 1. The van der Waals surface area contributed by atoms with Gasteiger partial charge in [-0.3, -0.25) is 15.1 Å². The van der Waals surface area contributed by atoms with Crippen molar-refractivity contribution in [3.8, 4) is 33.9 Å². The van der Waals surface area contributed by atoms with Crippen LogP contribution in [0.15, 0.2) is 67.3 Å². The Balaban J connectivity index is 1.52. The van der Waals surface area contributed by atoms with Gasteiger partial charge in [0.2, 0.25) is 0 Å². The van der Waals surface area contributed by atoms with E-state index in [4.69, 9.17) is 5.73 Å². The van der Waals surface area contributed by atoms with E-state index in [9.17, 15) is 4.39 Å². The topological polar surface area (TPSA) is 122 Å². The quantitative estimate of drug-likeness (QED) is 0.390. The molecule has 5 heterocycles. The van der Waals surface area contributed by atoms with Crippen molar-refractivity contribution >= 4 is 27.8 Å². The van der Waals surface area contributed by atoms with E-state index in [-0.39, 0.29) is 5.82 Å². The number of benzene rings is 1. The molecule has 4 N–H and O–H groups in total. The molecule has 32 heavy (non-hydrogen) atoms. The molecule has 0 fully saturated rings. The minimum Gasteiger partial charge on any atom is -0.397 e. The Bertz CT molecular complexity index is 1620. The van der Waals surface area contributed by atoms with E-state index in [2.05, 4.69) is 35.1 Å². The van der Waals surface area contributed by atoms with Crippen LogP contribution in [0.3, 0.4) is 0 Å². The van der Waals surface area contributed by atoms with Gasteiger partial charge in [-0.15, -0.1) is 0 Å². The van der Waals surface area contributed by atoms with Crippen LogP contribution in [0.4, 0.5) is 10.1 Å². The molecule has 154 valence electrons. The van der Waals surface area contributed by atoms with E-state index in [1.165, 1.54) is 6.07 Å². The highest BCUT2D eigenvalue weighted by atomic mass is 19.1. The predicted octanol–water partition coefficient (Wildman–Crippen LogP) is 4.35. The first kappa shape index (κ1) is 18.1. The highest BCUT2D eigenvalue weighted by molar-refractivity contribution is 5.96. The van der Waals surface area contributed by atoms with Crippen LogP contribution in [0.1, 0.15) is 0 Å². The molecule has 0 aliphatic heterocycles. The van der Waals surface area contributed by atoms with E-state index >= 15 is 0 Å². The fourth-order valence-electron chi connectivity index (χ4n) is 3.78. The standard InChI is InChI=1S/C23H15FN8/c24-17-4-2-1-3-14(17)15-5-6-27-22-20(15)29-23(30-22)21-16-8-18(28-11-19(16)31-32-21)12-7-13(25)10-26-9-12/h1-11H,25H2,(H,31,32)(H,27,29,30). The summed E-state index contributed by atoms with van der Waals surface area (Å²) in [5, 5.41) is 8.24. The van der Waals surface area contributed by atoms with E-state index in [0.717, 1.165) is 16.5 Å². The zero-order chi connectivity index (χ0) is 21.7. The fourth-order valence-corrected chi connectivity index (χ4v) is 3.78. The summed E-state index contributed by atoms with van der Waals surface area (Å²) >= 11 is 0. The van der Waals surface area contributed by atoms with Crippen molar-refractivity contribution in [2.45, 2.75) is 0 Å². The van der Waals surface area contributed by atoms with Crippen molar-refractivity contribution < 1.29 is 4.39 Å². The molecule has 6 rings (SSSR count). The summed E-state index contributed by atoms with van der Waals surface area (Å²) in [7, 11) is 0. The number of imidazole rings is 1. The number of H-pyrrole nitrogens is 2. The van der Waals surface area contributed by atoms with Gasteiger partial charge in [-0.2, -0.15) is 5.10 Å². The van der Waals surface area contributed by atoms with Crippen molar-refractivity contribution in [3.05, 3.63) is 73.1 Å². The molecule has 0 unspecified atom stereocenters. The monoisotopic (exact) mass is 422 g/mol. The van der Waals surface area contributed by atoms with Gasteiger partial charge in [0.1, 0.15) is 11.5 Å². The number of hydrogen-bond acceptors (Lipinski definition) is 6. The van der Waals surface area contributed by atoms with Crippen molar-refractivity contribution in [3.63, 3.8) is 0 Å². The molecule has 0 atom stereocenters. The number of aromatic amines is 2. The summed E-state index contributed by atoms with van der Waals surface area (Å²) in [5.41, 5.74) is 11.6. The van der Waals surface area contributed by atoms with Crippen molar-refractivity contribution in [2.75, 3.05) is 5.73 Å². The number of pyridine rings is 3. The number of nitrogens with one attached hydrogen (secondary N) is 2. The third-order valence-electron chi connectivity index (χ3n) is 5.28. The molecule has 5 aromatic heterocycles. The Morgan fingerprint density at radius 3 is 2.72 bits per heavy atom. The summed E-state index contributed by atoms with van der Waals surface area (Å²) in [5.74, 6) is 0.207. The molecule has 0 saturated heterocycles. The first-order valence-corrected chi connectivity index (χ1v) is 9.82. The minimum absolute atomic E-state index is 0.312. The molecule has 9 heteroatoms. The second-order valence-corrected chi connectivity index (χ2v) is 7.32. The number of nitrogen functional groups attached to an aromatic ring is 1. The predicted molar refractivity (Wildman–Crippen MR) is 120 cm³/mol. The molecular weight excluding hydrogens is 407 g/mol.